The van der Waals surface area contributed by atoms with E-state index in [0.29, 0.717) is 18.1 Å². The van der Waals surface area contributed by atoms with Crippen LogP contribution in [0.2, 0.25) is 18.1 Å². The smallest absolute Gasteiger partial charge is 0.363 e. The van der Waals surface area contributed by atoms with Gasteiger partial charge in [0.15, 0.2) is 14.1 Å². The molecule has 1 aromatic rings. The summed E-state index contributed by atoms with van der Waals surface area (Å²) in [4.78, 5) is 0.173. The molecule has 0 unspecified atom stereocenters. The van der Waals surface area contributed by atoms with Gasteiger partial charge in [-0.1, -0.05) is 20.8 Å². The summed E-state index contributed by atoms with van der Waals surface area (Å²) in [6.07, 6.45) is 0. The second-order valence-electron chi connectivity index (χ2n) is 5.48. The van der Waals surface area contributed by atoms with Gasteiger partial charge in [-0.05, 0) is 25.1 Å². The van der Waals surface area contributed by atoms with Gasteiger partial charge in [-0.25, -0.2) is 0 Å². The molecular formula is C11H20O3SSi. The van der Waals surface area contributed by atoms with Crippen molar-refractivity contribution in [3.05, 3.63) is 16.4 Å². The second kappa shape index (κ2) is 4.47. The largest absolute Gasteiger partial charge is 0.419 e. The molecule has 0 aliphatic rings. The van der Waals surface area contributed by atoms with Gasteiger partial charge in [0.25, 0.3) is 0 Å². The molecule has 0 radical (unpaired) electrons. The van der Waals surface area contributed by atoms with E-state index in [1.807, 2.05) is 6.92 Å². The average Bonchev–Trinajstić information content (AvgIpc) is 2.39. The highest BCUT2D eigenvalue weighted by Crippen LogP contribution is 2.37. The third kappa shape index (κ3) is 3.05. The first-order chi connectivity index (χ1) is 7.13. The minimum atomic E-state index is -1.74. The Labute approximate surface area is 103 Å². The summed E-state index contributed by atoms with van der Waals surface area (Å²) in [7, 11) is -1.74. The monoisotopic (exact) mass is 260 g/mol. The number of hydrogen-bond donors (Lipinski definition) is 0. The Bertz CT molecular complexity index is 412. The van der Waals surface area contributed by atoms with Crippen LogP contribution in [-0.2, 0) is 11.0 Å². The molecule has 1 heterocycles. The van der Waals surface area contributed by atoms with E-state index in [-0.39, 0.29) is 9.94 Å². The highest BCUT2D eigenvalue weighted by atomic mass is 32.1. The first-order valence-corrected chi connectivity index (χ1v) is 8.68. The maximum atomic E-state index is 6.01. The van der Waals surface area contributed by atoms with Crippen LogP contribution in [0.4, 0.5) is 0 Å². The molecule has 1 rings (SSSR count). The maximum Gasteiger partial charge on any atom is 0.363 e. The average molecular weight is 260 g/mol. The summed E-state index contributed by atoms with van der Waals surface area (Å²) in [5.74, 6) is 1.42. The molecule has 3 nitrogen and oxygen atoms in total. The van der Waals surface area contributed by atoms with Gasteiger partial charge in [-0.2, -0.15) is 0 Å². The molecule has 0 N–H and O–H groups in total. The zero-order valence-electron chi connectivity index (χ0n) is 10.8. The van der Waals surface area contributed by atoms with Crippen LogP contribution < -0.4 is 0 Å². The topological polar surface area (TPSA) is 35.5 Å². The summed E-state index contributed by atoms with van der Waals surface area (Å²) in [6, 6.07) is 0. The standard InChI is InChI=1S/C11H20O3SSi/c1-8-9(14-10(15)13-8)7-12-16(5,6)11(2,3)4/h7H2,1-6H3. The van der Waals surface area contributed by atoms with Gasteiger partial charge in [0.1, 0.15) is 5.76 Å². The second-order valence-corrected chi connectivity index (χ2v) is 10.6. The summed E-state index contributed by atoms with van der Waals surface area (Å²) in [5.41, 5.74) is 0. The van der Waals surface area contributed by atoms with Crippen molar-refractivity contribution in [2.75, 3.05) is 0 Å². The van der Waals surface area contributed by atoms with E-state index in [4.69, 9.17) is 25.5 Å². The molecule has 0 aromatic carbocycles. The molecule has 0 spiro atoms. The molecule has 0 saturated heterocycles. The third-order valence-electron chi connectivity index (χ3n) is 3.21. The first kappa shape index (κ1) is 13.7. The van der Waals surface area contributed by atoms with Crippen molar-refractivity contribution in [1.82, 2.24) is 0 Å². The van der Waals surface area contributed by atoms with Crippen LogP contribution >= 0.6 is 12.2 Å². The number of rotatable bonds is 3. The minimum absolute atomic E-state index is 0.173. The third-order valence-corrected chi connectivity index (χ3v) is 7.85. The molecule has 0 amide bonds. The molecule has 92 valence electrons. The summed E-state index contributed by atoms with van der Waals surface area (Å²) in [5, 5.41) is 0.196. The van der Waals surface area contributed by atoms with Crippen molar-refractivity contribution in [1.29, 1.82) is 0 Å². The predicted molar refractivity (Wildman–Crippen MR) is 68.5 cm³/mol. The molecule has 0 aliphatic carbocycles. The molecule has 0 aliphatic heterocycles. The lowest BCUT2D eigenvalue weighted by molar-refractivity contribution is 0.243. The van der Waals surface area contributed by atoms with Crippen LogP contribution in [0.1, 0.15) is 32.3 Å². The van der Waals surface area contributed by atoms with Gasteiger partial charge < -0.3 is 13.3 Å². The first-order valence-electron chi connectivity index (χ1n) is 5.37. The fraction of sp³-hybridized carbons (Fsp3) is 0.727. The van der Waals surface area contributed by atoms with E-state index in [1.54, 1.807) is 0 Å². The van der Waals surface area contributed by atoms with Crippen molar-refractivity contribution in [3.63, 3.8) is 0 Å². The lowest BCUT2D eigenvalue weighted by Gasteiger charge is -2.35. The highest BCUT2D eigenvalue weighted by Gasteiger charge is 2.37. The zero-order chi connectivity index (χ0) is 12.6. The van der Waals surface area contributed by atoms with Crippen molar-refractivity contribution in [2.45, 2.75) is 52.4 Å². The Morgan fingerprint density at radius 3 is 2.19 bits per heavy atom. The van der Waals surface area contributed by atoms with Gasteiger partial charge in [0.05, 0.1) is 6.61 Å². The normalized spacial score (nSPS) is 13.1. The fourth-order valence-corrected chi connectivity index (χ4v) is 2.12. The maximum absolute atomic E-state index is 6.01. The van der Waals surface area contributed by atoms with Crippen molar-refractivity contribution < 1.29 is 13.3 Å². The molecule has 0 saturated carbocycles. The Hall–Kier alpha value is -0.393. The summed E-state index contributed by atoms with van der Waals surface area (Å²) >= 11 is 4.82. The van der Waals surface area contributed by atoms with Crippen LogP contribution in [-0.4, -0.2) is 8.32 Å². The van der Waals surface area contributed by atoms with Gasteiger partial charge >= 0.3 is 4.90 Å². The van der Waals surface area contributed by atoms with E-state index in [9.17, 15) is 0 Å². The van der Waals surface area contributed by atoms with Crippen LogP contribution in [0.15, 0.2) is 8.83 Å². The van der Waals surface area contributed by atoms with Crippen molar-refractivity contribution in [2.24, 2.45) is 0 Å². The Kier molecular flexibility index (Phi) is 3.82. The van der Waals surface area contributed by atoms with Crippen LogP contribution in [0.5, 0.6) is 0 Å². The van der Waals surface area contributed by atoms with E-state index in [1.165, 1.54) is 0 Å². The molecule has 0 fully saturated rings. The molecule has 1 aromatic heterocycles. The molecule has 0 bridgehead atoms. The van der Waals surface area contributed by atoms with Crippen molar-refractivity contribution >= 4 is 20.5 Å². The number of hydrogen-bond acceptors (Lipinski definition) is 4. The minimum Gasteiger partial charge on any atom is -0.419 e. The fourth-order valence-electron chi connectivity index (χ4n) is 0.969. The van der Waals surface area contributed by atoms with Crippen molar-refractivity contribution in [3.8, 4) is 0 Å². The molecule has 16 heavy (non-hydrogen) atoms. The predicted octanol–water partition coefficient (Wildman–Crippen LogP) is 4.43. The van der Waals surface area contributed by atoms with E-state index in [0.717, 1.165) is 0 Å². The number of aryl methyl sites for hydroxylation is 1. The Morgan fingerprint density at radius 2 is 1.81 bits per heavy atom. The lowest BCUT2D eigenvalue weighted by atomic mass is 10.2. The molecular weight excluding hydrogens is 240 g/mol. The highest BCUT2D eigenvalue weighted by molar-refractivity contribution is 7.71. The summed E-state index contributed by atoms with van der Waals surface area (Å²) < 4.78 is 16.4. The Morgan fingerprint density at radius 1 is 1.25 bits per heavy atom. The Balaban J connectivity index is 2.72. The van der Waals surface area contributed by atoms with E-state index in [2.05, 4.69) is 33.9 Å². The van der Waals surface area contributed by atoms with Gasteiger partial charge in [0.2, 0.25) is 0 Å². The van der Waals surface area contributed by atoms with Crippen LogP contribution in [0, 0.1) is 11.8 Å². The lowest BCUT2D eigenvalue weighted by Crippen LogP contribution is -2.40. The SMILES string of the molecule is Cc1oc(=S)oc1CO[Si](C)(C)C(C)(C)C. The molecule has 5 heteroatoms. The van der Waals surface area contributed by atoms with Gasteiger partial charge in [-0.15, -0.1) is 0 Å². The zero-order valence-corrected chi connectivity index (χ0v) is 12.7. The van der Waals surface area contributed by atoms with Crippen LogP contribution in [0.3, 0.4) is 0 Å². The van der Waals surface area contributed by atoms with Gasteiger partial charge in [-0.3, -0.25) is 0 Å². The van der Waals surface area contributed by atoms with Crippen LogP contribution in [0.25, 0.3) is 0 Å². The quantitative estimate of drug-likeness (QED) is 0.595. The molecule has 0 atom stereocenters. The summed E-state index contributed by atoms with van der Waals surface area (Å²) in [6.45, 7) is 13.3. The van der Waals surface area contributed by atoms with E-state index < -0.39 is 8.32 Å². The van der Waals surface area contributed by atoms with Gasteiger partial charge in [0, 0.05) is 12.2 Å². The van der Waals surface area contributed by atoms with E-state index >= 15 is 0 Å².